The number of nitrogens with zero attached hydrogens (tertiary/aromatic N) is 2. The number of pyridine rings is 1. The lowest BCUT2D eigenvalue weighted by Gasteiger charge is -2.17. The Kier molecular flexibility index (Phi) is 5.63. The number of likely N-dealkylation sites (N-methyl/N-ethyl adjacent to an activating group) is 1. The molecule has 6 heteroatoms. The summed E-state index contributed by atoms with van der Waals surface area (Å²) in [6.45, 7) is 2.79. The summed E-state index contributed by atoms with van der Waals surface area (Å²) < 4.78 is 5.62. The van der Waals surface area contributed by atoms with Gasteiger partial charge in [0.25, 0.3) is 5.91 Å². The van der Waals surface area contributed by atoms with Crippen molar-refractivity contribution in [3.8, 4) is 5.75 Å². The van der Waals surface area contributed by atoms with Gasteiger partial charge in [-0.25, -0.2) is 4.98 Å². The summed E-state index contributed by atoms with van der Waals surface area (Å²) in [5.74, 6) is 0.486. The third-order valence-electron chi connectivity index (χ3n) is 3.05. The summed E-state index contributed by atoms with van der Waals surface area (Å²) in [5, 5.41) is 0.512. The molecule has 0 N–H and O–H groups in total. The molecule has 22 heavy (non-hydrogen) atoms. The standard InChI is InChI=1S/C16H16Cl2N2O2/c1-11-4-3-5-12(10-11)22-9-8-20(2)16(21)15-13(17)6-7-14(18)19-15/h3-7,10H,8-9H2,1-2H3. The monoisotopic (exact) mass is 338 g/mol. The van der Waals surface area contributed by atoms with E-state index in [2.05, 4.69) is 4.98 Å². The molecule has 0 saturated carbocycles. The normalized spacial score (nSPS) is 10.4. The summed E-state index contributed by atoms with van der Waals surface area (Å²) in [5.41, 5.74) is 1.27. The van der Waals surface area contributed by atoms with Crippen LogP contribution in [0.25, 0.3) is 0 Å². The molecule has 1 amide bonds. The summed E-state index contributed by atoms with van der Waals surface area (Å²) in [6.07, 6.45) is 0. The SMILES string of the molecule is Cc1cccc(OCCN(C)C(=O)c2nc(Cl)ccc2Cl)c1. The minimum absolute atomic E-state index is 0.146. The quantitative estimate of drug-likeness (QED) is 0.777. The van der Waals surface area contributed by atoms with Crippen molar-refractivity contribution in [2.24, 2.45) is 0 Å². The number of aryl methyl sites for hydroxylation is 1. The van der Waals surface area contributed by atoms with Gasteiger partial charge in [-0.1, -0.05) is 35.3 Å². The highest BCUT2D eigenvalue weighted by molar-refractivity contribution is 6.34. The number of hydrogen-bond donors (Lipinski definition) is 0. The number of carbonyl (C=O) groups is 1. The number of carbonyl (C=O) groups excluding carboxylic acids is 1. The molecule has 1 aromatic carbocycles. The topological polar surface area (TPSA) is 42.4 Å². The molecule has 2 rings (SSSR count). The van der Waals surface area contributed by atoms with Gasteiger partial charge >= 0.3 is 0 Å². The Morgan fingerprint density at radius 1 is 1.27 bits per heavy atom. The van der Waals surface area contributed by atoms with Gasteiger partial charge in [-0.3, -0.25) is 4.79 Å². The van der Waals surface area contributed by atoms with E-state index in [-0.39, 0.29) is 21.8 Å². The van der Waals surface area contributed by atoms with Gasteiger partial charge in [0.15, 0.2) is 0 Å². The Hall–Kier alpha value is -1.78. The molecule has 0 aliphatic rings. The fraction of sp³-hybridized carbons (Fsp3) is 0.250. The van der Waals surface area contributed by atoms with Crippen LogP contribution in [0, 0.1) is 6.92 Å². The highest BCUT2D eigenvalue weighted by Crippen LogP contribution is 2.18. The van der Waals surface area contributed by atoms with Crippen LogP contribution in [0.5, 0.6) is 5.75 Å². The van der Waals surface area contributed by atoms with Crippen LogP contribution in [0.3, 0.4) is 0 Å². The highest BCUT2D eigenvalue weighted by Gasteiger charge is 2.17. The molecule has 116 valence electrons. The van der Waals surface area contributed by atoms with Gasteiger partial charge in [-0.15, -0.1) is 0 Å². The van der Waals surface area contributed by atoms with E-state index in [1.807, 2.05) is 31.2 Å². The van der Waals surface area contributed by atoms with Crippen LogP contribution >= 0.6 is 23.2 Å². The minimum Gasteiger partial charge on any atom is -0.492 e. The zero-order chi connectivity index (χ0) is 16.1. The zero-order valence-corrected chi connectivity index (χ0v) is 13.9. The molecule has 4 nitrogen and oxygen atoms in total. The van der Waals surface area contributed by atoms with Crippen LogP contribution < -0.4 is 4.74 Å². The van der Waals surface area contributed by atoms with Gasteiger partial charge < -0.3 is 9.64 Å². The molecule has 1 aromatic heterocycles. The number of rotatable bonds is 5. The number of hydrogen-bond acceptors (Lipinski definition) is 3. The maximum absolute atomic E-state index is 12.3. The van der Waals surface area contributed by atoms with Crippen molar-refractivity contribution in [3.05, 3.63) is 57.8 Å². The lowest BCUT2D eigenvalue weighted by atomic mass is 10.2. The molecular weight excluding hydrogens is 323 g/mol. The average molecular weight is 339 g/mol. The van der Waals surface area contributed by atoms with E-state index >= 15 is 0 Å². The molecule has 0 aliphatic heterocycles. The van der Waals surface area contributed by atoms with Crippen LogP contribution in [0.1, 0.15) is 16.1 Å². The van der Waals surface area contributed by atoms with Crippen molar-refractivity contribution in [1.29, 1.82) is 0 Å². The molecular formula is C16H16Cl2N2O2. The number of halogens is 2. The van der Waals surface area contributed by atoms with Crippen LogP contribution in [0.4, 0.5) is 0 Å². The Morgan fingerprint density at radius 3 is 2.77 bits per heavy atom. The third kappa shape index (κ3) is 4.36. The predicted octanol–water partition coefficient (Wildman–Crippen LogP) is 3.85. The average Bonchev–Trinajstić information content (AvgIpc) is 2.49. The van der Waals surface area contributed by atoms with E-state index in [4.69, 9.17) is 27.9 Å². The summed E-state index contributed by atoms with van der Waals surface area (Å²) in [6, 6.07) is 10.8. The number of amides is 1. The van der Waals surface area contributed by atoms with Crippen LogP contribution in [-0.2, 0) is 0 Å². The first kappa shape index (κ1) is 16.6. The Morgan fingerprint density at radius 2 is 2.05 bits per heavy atom. The molecule has 0 radical (unpaired) electrons. The number of benzene rings is 1. The number of ether oxygens (including phenoxy) is 1. The Labute approximate surface area is 139 Å². The lowest BCUT2D eigenvalue weighted by molar-refractivity contribution is 0.0768. The molecule has 0 aliphatic carbocycles. The first-order chi connectivity index (χ1) is 10.5. The fourth-order valence-corrected chi connectivity index (χ4v) is 2.19. The van der Waals surface area contributed by atoms with E-state index in [0.29, 0.717) is 13.2 Å². The van der Waals surface area contributed by atoms with E-state index in [0.717, 1.165) is 11.3 Å². The summed E-state index contributed by atoms with van der Waals surface area (Å²) in [7, 11) is 1.67. The van der Waals surface area contributed by atoms with Crippen LogP contribution in [-0.4, -0.2) is 36.0 Å². The molecule has 1 heterocycles. The maximum atomic E-state index is 12.3. The third-order valence-corrected chi connectivity index (χ3v) is 3.56. The molecule has 0 fully saturated rings. The Balaban J connectivity index is 1.93. The van der Waals surface area contributed by atoms with Crippen molar-refractivity contribution in [2.75, 3.05) is 20.2 Å². The van der Waals surface area contributed by atoms with E-state index in [1.165, 1.54) is 4.90 Å². The highest BCUT2D eigenvalue weighted by atomic mass is 35.5. The van der Waals surface area contributed by atoms with Gasteiger partial charge in [0, 0.05) is 7.05 Å². The first-order valence-electron chi connectivity index (χ1n) is 6.74. The molecule has 0 spiro atoms. The predicted molar refractivity (Wildman–Crippen MR) is 87.9 cm³/mol. The maximum Gasteiger partial charge on any atom is 0.273 e. The Bertz CT molecular complexity index is 677. The minimum atomic E-state index is -0.291. The smallest absolute Gasteiger partial charge is 0.273 e. The van der Waals surface area contributed by atoms with Crippen molar-refractivity contribution >= 4 is 29.1 Å². The van der Waals surface area contributed by atoms with Gasteiger partial charge in [-0.05, 0) is 36.8 Å². The van der Waals surface area contributed by atoms with E-state index < -0.39 is 0 Å². The summed E-state index contributed by atoms with van der Waals surface area (Å²) >= 11 is 11.8. The largest absolute Gasteiger partial charge is 0.492 e. The van der Waals surface area contributed by atoms with Crippen molar-refractivity contribution in [1.82, 2.24) is 9.88 Å². The van der Waals surface area contributed by atoms with E-state index in [1.54, 1.807) is 19.2 Å². The van der Waals surface area contributed by atoms with Crippen molar-refractivity contribution < 1.29 is 9.53 Å². The van der Waals surface area contributed by atoms with Gasteiger partial charge in [0.2, 0.25) is 0 Å². The molecule has 0 atom stereocenters. The van der Waals surface area contributed by atoms with Crippen LogP contribution in [0.15, 0.2) is 36.4 Å². The molecule has 0 bridgehead atoms. The van der Waals surface area contributed by atoms with Gasteiger partial charge in [0.05, 0.1) is 11.6 Å². The van der Waals surface area contributed by atoms with Crippen molar-refractivity contribution in [2.45, 2.75) is 6.92 Å². The second kappa shape index (κ2) is 7.47. The van der Waals surface area contributed by atoms with Gasteiger partial charge in [-0.2, -0.15) is 0 Å². The lowest BCUT2D eigenvalue weighted by Crippen LogP contribution is -2.31. The van der Waals surface area contributed by atoms with E-state index in [9.17, 15) is 4.79 Å². The fourth-order valence-electron chi connectivity index (χ4n) is 1.86. The number of aromatic nitrogens is 1. The van der Waals surface area contributed by atoms with Gasteiger partial charge in [0.1, 0.15) is 23.2 Å². The zero-order valence-electron chi connectivity index (χ0n) is 12.3. The van der Waals surface area contributed by atoms with Crippen LogP contribution in [0.2, 0.25) is 10.2 Å². The second-order valence-electron chi connectivity index (χ2n) is 4.86. The summed E-state index contributed by atoms with van der Waals surface area (Å²) in [4.78, 5) is 17.8. The molecule has 2 aromatic rings. The molecule has 0 saturated heterocycles. The second-order valence-corrected chi connectivity index (χ2v) is 5.65. The van der Waals surface area contributed by atoms with Crippen molar-refractivity contribution in [3.63, 3.8) is 0 Å². The molecule has 0 unspecified atom stereocenters. The first-order valence-corrected chi connectivity index (χ1v) is 7.50.